The van der Waals surface area contributed by atoms with Crippen LogP contribution in [0.2, 0.25) is 0 Å². The third-order valence-corrected chi connectivity index (χ3v) is 8.50. The first-order chi connectivity index (χ1) is 17.9. The number of ether oxygens (including phenoxy) is 2. The fourth-order valence-electron chi connectivity index (χ4n) is 3.50. The Morgan fingerprint density at radius 3 is 1.95 bits per heavy atom. The molecule has 0 spiro atoms. The van der Waals surface area contributed by atoms with Gasteiger partial charge in [-0.3, -0.25) is 9.10 Å². The van der Waals surface area contributed by atoms with E-state index in [1.54, 1.807) is 36.4 Å². The number of sulfonamides is 2. The Balaban J connectivity index is 1.58. The van der Waals surface area contributed by atoms with E-state index in [0.29, 0.717) is 22.9 Å². The molecule has 0 fully saturated rings. The van der Waals surface area contributed by atoms with Crippen LogP contribution in [0, 0.1) is 0 Å². The molecule has 0 unspecified atom stereocenters. The third kappa shape index (κ3) is 7.46. The topological polar surface area (TPSA) is 122 Å². The van der Waals surface area contributed by atoms with Crippen molar-refractivity contribution in [1.29, 1.82) is 0 Å². The standard InChI is InChI=1S/C26H31N3O7S2/c1-20(26(30)27-18-19-35-22-14-16-25(17-15-22)38(33,34)28(2)3)29(37(4,31)32)21-10-12-24(13-11-21)36-23-8-6-5-7-9-23/h5-17,20H,18-19H2,1-4H3,(H,27,30)/t20-/m0/s1. The highest BCUT2D eigenvalue weighted by molar-refractivity contribution is 7.92. The van der Waals surface area contributed by atoms with Gasteiger partial charge in [-0.25, -0.2) is 21.1 Å². The lowest BCUT2D eigenvalue weighted by molar-refractivity contribution is -0.121. The second kappa shape index (κ2) is 12.3. The van der Waals surface area contributed by atoms with Gasteiger partial charge in [0.1, 0.15) is 29.9 Å². The number of benzene rings is 3. The summed E-state index contributed by atoms with van der Waals surface area (Å²) >= 11 is 0. The Kier molecular flexibility index (Phi) is 9.36. The van der Waals surface area contributed by atoms with E-state index >= 15 is 0 Å². The Hall–Kier alpha value is -3.61. The smallest absolute Gasteiger partial charge is 0.243 e. The van der Waals surface area contributed by atoms with Gasteiger partial charge >= 0.3 is 0 Å². The molecule has 0 aliphatic heterocycles. The molecule has 3 aromatic rings. The molecule has 204 valence electrons. The molecule has 0 bridgehead atoms. The maximum absolute atomic E-state index is 12.8. The SMILES string of the molecule is C[C@@H](C(=O)NCCOc1ccc(S(=O)(=O)N(C)C)cc1)N(c1ccc(Oc2ccccc2)cc1)S(C)(=O)=O. The molecule has 0 saturated carbocycles. The zero-order valence-corrected chi connectivity index (χ0v) is 23.2. The largest absolute Gasteiger partial charge is 0.492 e. The van der Waals surface area contributed by atoms with Crippen molar-refractivity contribution in [3.8, 4) is 17.2 Å². The third-order valence-electron chi connectivity index (χ3n) is 5.43. The van der Waals surface area contributed by atoms with E-state index < -0.39 is 32.0 Å². The first kappa shape index (κ1) is 29.0. The second-order valence-corrected chi connectivity index (χ2v) is 12.6. The highest BCUT2D eigenvalue weighted by Gasteiger charge is 2.29. The summed E-state index contributed by atoms with van der Waals surface area (Å²) in [4.78, 5) is 12.9. The lowest BCUT2D eigenvalue weighted by Crippen LogP contribution is -2.48. The van der Waals surface area contributed by atoms with Crippen LogP contribution in [-0.4, -0.2) is 66.6 Å². The maximum atomic E-state index is 12.8. The summed E-state index contributed by atoms with van der Waals surface area (Å²) in [6, 6.07) is 20.5. The number of rotatable bonds is 12. The number of anilines is 1. The number of carbonyl (C=O) groups excluding carboxylic acids is 1. The van der Waals surface area contributed by atoms with Gasteiger partial charge in [-0.05, 0) is 67.6 Å². The van der Waals surface area contributed by atoms with Crippen molar-refractivity contribution in [3.05, 3.63) is 78.9 Å². The normalized spacial score (nSPS) is 12.6. The molecule has 38 heavy (non-hydrogen) atoms. The van der Waals surface area contributed by atoms with E-state index in [-0.39, 0.29) is 18.0 Å². The average molecular weight is 562 g/mol. The molecule has 12 heteroatoms. The highest BCUT2D eigenvalue weighted by atomic mass is 32.2. The zero-order chi connectivity index (χ0) is 27.9. The van der Waals surface area contributed by atoms with Crippen LogP contribution in [0.15, 0.2) is 83.8 Å². The molecule has 3 rings (SSSR count). The second-order valence-electron chi connectivity index (χ2n) is 8.54. The van der Waals surface area contributed by atoms with Crippen LogP contribution in [0.3, 0.4) is 0 Å². The minimum Gasteiger partial charge on any atom is -0.492 e. The molecular formula is C26H31N3O7S2. The van der Waals surface area contributed by atoms with E-state index in [1.807, 2.05) is 18.2 Å². The molecule has 0 aliphatic rings. The lowest BCUT2D eigenvalue weighted by Gasteiger charge is -2.28. The van der Waals surface area contributed by atoms with Gasteiger partial charge in [-0.2, -0.15) is 0 Å². The van der Waals surface area contributed by atoms with Gasteiger partial charge in [0.25, 0.3) is 0 Å². The van der Waals surface area contributed by atoms with Crippen LogP contribution in [0.4, 0.5) is 5.69 Å². The van der Waals surface area contributed by atoms with E-state index in [9.17, 15) is 21.6 Å². The minimum atomic E-state index is -3.78. The van der Waals surface area contributed by atoms with Crippen molar-refractivity contribution in [1.82, 2.24) is 9.62 Å². The molecule has 1 N–H and O–H groups in total. The number of hydrogen-bond donors (Lipinski definition) is 1. The van der Waals surface area contributed by atoms with Crippen LogP contribution in [0.25, 0.3) is 0 Å². The van der Waals surface area contributed by atoms with Crippen molar-refractivity contribution in [2.45, 2.75) is 17.9 Å². The quantitative estimate of drug-likeness (QED) is 0.337. The number of nitrogens with one attached hydrogen (secondary N) is 1. The van der Waals surface area contributed by atoms with Crippen molar-refractivity contribution in [2.24, 2.45) is 0 Å². The van der Waals surface area contributed by atoms with Crippen LogP contribution < -0.4 is 19.1 Å². The Bertz CT molecular complexity index is 1430. The summed E-state index contributed by atoms with van der Waals surface area (Å²) < 4.78 is 62.9. The molecule has 1 atom stereocenters. The summed E-state index contributed by atoms with van der Waals surface area (Å²) in [6.45, 7) is 1.71. The van der Waals surface area contributed by atoms with Gasteiger partial charge in [-0.1, -0.05) is 18.2 Å². The average Bonchev–Trinajstić information content (AvgIpc) is 2.87. The first-order valence-electron chi connectivity index (χ1n) is 11.6. The Morgan fingerprint density at radius 2 is 1.39 bits per heavy atom. The number of amides is 1. The fraction of sp³-hybridized carbons (Fsp3) is 0.269. The molecule has 3 aromatic carbocycles. The van der Waals surface area contributed by atoms with Crippen molar-refractivity contribution in [3.63, 3.8) is 0 Å². The summed E-state index contributed by atoms with van der Waals surface area (Å²) in [6.07, 6.45) is 1.04. The van der Waals surface area contributed by atoms with Gasteiger partial charge < -0.3 is 14.8 Å². The molecule has 0 radical (unpaired) electrons. The van der Waals surface area contributed by atoms with Crippen molar-refractivity contribution >= 4 is 31.6 Å². The maximum Gasteiger partial charge on any atom is 0.243 e. The monoisotopic (exact) mass is 561 g/mol. The molecule has 0 aromatic heterocycles. The lowest BCUT2D eigenvalue weighted by atomic mass is 10.2. The Labute approximate surface area is 223 Å². The van der Waals surface area contributed by atoms with E-state index in [0.717, 1.165) is 14.9 Å². The van der Waals surface area contributed by atoms with E-state index in [1.165, 1.54) is 45.3 Å². The number of nitrogens with zero attached hydrogens (tertiary/aromatic N) is 2. The van der Waals surface area contributed by atoms with E-state index in [4.69, 9.17) is 9.47 Å². The zero-order valence-electron chi connectivity index (χ0n) is 21.6. The first-order valence-corrected chi connectivity index (χ1v) is 14.9. The summed E-state index contributed by atoms with van der Waals surface area (Å²) in [5, 5.41) is 2.67. The molecule has 1 amide bonds. The number of para-hydroxylation sites is 1. The van der Waals surface area contributed by atoms with Crippen LogP contribution in [0.5, 0.6) is 17.2 Å². The van der Waals surface area contributed by atoms with Crippen LogP contribution in [-0.2, 0) is 24.8 Å². The molecule has 0 saturated heterocycles. The fourth-order valence-corrected chi connectivity index (χ4v) is 5.58. The summed E-state index contributed by atoms with van der Waals surface area (Å²) in [5.41, 5.74) is 0.319. The van der Waals surface area contributed by atoms with Gasteiger partial charge in [0.15, 0.2) is 0 Å². The number of hydrogen-bond acceptors (Lipinski definition) is 7. The van der Waals surface area contributed by atoms with Crippen LogP contribution >= 0.6 is 0 Å². The predicted molar refractivity (Wildman–Crippen MR) is 146 cm³/mol. The molecule has 0 heterocycles. The Morgan fingerprint density at radius 1 is 0.842 bits per heavy atom. The van der Waals surface area contributed by atoms with Crippen LogP contribution in [0.1, 0.15) is 6.92 Å². The summed E-state index contributed by atoms with van der Waals surface area (Å²) in [5.74, 6) is 1.09. The minimum absolute atomic E-state index is 0.0998. The van der Waals surface area contributed by atoms with Gasteiger partial charge in [0.05, 0.1) is 23.4 Å². The van der Waals surface area contributed by atoms with Crippen molar-refractivity contribution < 1.29 is 31.1 Å². The predicted octanol–water partition coefficient (Wildman–Crippen LogP) is 3.08. The van der Waals surface area contributed by atoms with Gasteiger partial charge in [0.2, 0.25) is 26.0 Å². The van der Waals surface area contributed by atoms with Gasteiger partial charge in [-0.15, -0.1) is 0 Å². The molecule has 0 aliphatic carbocycles. The summed E-state index contributed by atoms with van der Waals surface area (Å²) in [7, 11) is -4.43. The van der Waals surface area contributed by atoms with Gasteiger partial charge in [0, 0.05) is 14.1 Å². The molecular weight excluding hydrogens is 530 g/mol. The van der Waals surface area contributed by atoms with Crippen molar-refractivity contribution in [2.75, 3.05) is 37.8 Å². The molecule has 10 nitrogen and oxygen atoms in total. The number of carbonyl (C=O) groups is 1. The highest BCUT2D eigenvalue weighted by Crippen LogP contribution is 2.27. The van der Waals surface area contributed by atoms with E-state index in [2.05, 4.69) is 5.32 Å².